The first-order chi connectivity index (χ1) is 7.61. The first kappa shape index (κ1) is 13.4. The van der Waals surface area contributed by atoms with Crippen molar-refractivity contribution in [3.63, 3.8) is 0 Å². The third kappa shape index (κ3) is 4.90. The maximum absolute atomic E-state index is 11.5. The lowest BCUT2D eigenvalue weighted by atomic mass is 10.2. The molecule has 0 amide bonds. The van der Waals surface area contributed by atoms with Crippen molar-refractivity contribution in [3.8, 4) is 0 Å². The minimum atomic E-state index is 0.319. The highest BCUT2D eigenvalue weighted by Crippen LogP contribution is 2.12. The lowest BCUT2D eigenvalue weighted by molar-refractivity contribution is -0.120. The van der Waals surface area contributed by atoms with Crippen LogP contribution in [0.15, 0.2) is 28.7 Å². The monoisotopic (exact) mass is 283 g/mol. The number of hydrogen-bond donors (Lipinski definition) is 0. The summed E-state index contributed by atoms with van der Waals surface area (Å²) in [6.07, 6.45) is 1.62. The molecule has 0 bridgehead atoms. The van der Waals surface area contributed by atoms with Crippen molar-refractivity contribution in [2.24, 2.45) is 0 Å². The second-order valence-corrected chi connectivity index (χ2v) is 5.01. The second-order valence-electron chi connectivity index (χ2n) is 4.09. The Bertz CT molecular complexity index is 352. The van der Waals surface area contributed by atoms with Crippen LogP contribution in [0.4, 0.5) is 0 Å². The third-order valence-electron chi connectivity index (χ3n) is 2.32. The molecule has 0 aromatic heterocycles. The Morgan fingerprint density at radius 2 is 2.19 bits per heavy atom. The van der Waals surface area contributed by atoms with Crippen LogP contribution in [0.2, 0.25) is 0 Å². The van der Waals surface area contributed by atoms with Crippen LogP contribution in [0.3, 0.4) is 0 Å². The molecule has 0 atom stereocenters. The quantitative estimate of drug-likeness (QED) is 0.799. The highest BCUT2D eigenvalue weighted by Gasteiger charge is 2.06. The minimum Gasteiger partial charge on any atom is -0.298 e. The van der Waals surface area contributed by atoms with E-state index < -0.39 is 0 Å². The van der Waals surface area contributed by atoms with Gasteiger partial charge in [0.2, 0.25) is 0 Å². The zero-order chi connectivity index (χ0) is 12.0. The molecule has 0 spiro atoms. The molecule has 0 fully saturated rings. The zero-order valence-corrected chi connectivity index (χ0v) is 11.5. The summed E-state index contributed by atoms with van der Waals surface area (Å²) >= 11 is 3.44. The number of carbonyl (C=O) groups is 1. The Labute approximate surface area is 106 Å². The lowest BCUT2D eigenvalue weighted by Gasteiger charge is -2.15. The molecular weight excluding hydrogens is 266 g/mol. The summed E-state index contributed by atoms with van der Waals surface area (Å²) < 4.78 is 1.08. The summed E-state index contributed by atoms with van der Waals surface area (Å²) in [5, 5.41) is 0. The van der Waals surface area contributed by atoms with Crippen molar-refractivity contribution < 1.29 is 4.79 Å². The van der Waals surface area contributed by atoms with Crippen molar-refractivity contribution in [1.29, 1.82) is 0 Å². The van der Waals surface area contributed by atoms with Crippen LogP contribution >= 0.6 is 15.9 Å². The molecular formula is C13H18BrNO. The molecule has 0 aliphatic carbocycles. The van der Waals surface area contributed by atoms with Crippen molar-refractivity contribution in [2.45, 2.75) is 26.3 Å². The number of ketones is 1. The van der Waals surface area contributed by atoms with E-state index in [0.29, 0.717) is 18.7 Å². The molecule has 3 heteroatoms. The summed E-state index contributed by atoms with van der Waals surface area (Å²) in [6, 6.07) is 8.18. The highest BCUT2D eigenvalue weighted by atomic mass is 79.9. The van der Waals surface area contributed by atoms with Crippen molar-refractivity contribution in [3.05, 3.63) is 34.3 Å². The fourth-order valence-corrected chi connectivity index (χ4v) is 2.11. The first-order valence-corrected chi connectivity index (χ1v) is 6.35. The van der Waals surface area contributed by atoms with Crippen LogP contribution in [0, 0.1) is 0 Å². The van der Waals surface area contributed by atoms with E-state index in [-0.39, 0.29) is 0 Å². The summed E-state index contributed by atoms with van der Waals surface area (Å²) in [4.78, 5) is 13.5. The Balaban J connectivity index is 2.45. The standard InChI is InChI=1S/C13H18BrNO/c1-3-5-13(16)10-15(2)9-11-6-4-7-12(14)8-11/h4,6-8H,3,5,9-10H2,1-2H3. The molecule has 0 aliphatic heterocycles. The van der Waals surface area contributed by atoms with Gasteiger partial charge in [-0.25, -0.2) is 0 Å². The van der Waals surface area contributed by atoms with Crippen LogP contribution in [-0.2, 0) is 11.3 Å². The fraction of sp³-hybridized carbons (Fsp3) is 0.462. The van der Waals surface area contributed by atoms with Crippen molar-refractivity contribution in [1.82, 2.24) is 4.90 Å². The van der Waals surface area contributed by atoms with Gasteiger partial charge < -0.3 is 0 Å². The summed E-state index contributed by atoms with van der Waals surface area (Å²) in [5.41, 5.74) is 1.22. The number of benzene rings is 1. The molecule has 2 nitrogen and oxygen atoms in total. The smallest absolute Gasteiger partial charge is 0.146 e. The minimum absolute atomic E-state index is 0.319. The van der Waals surface area contributed by atoms with Gasteiger partial charge in [0.1, 0.15) is 5.78 Å². The molecule has 16 heavy (non-hydrogen) atoms. The lowest BCUT2D eigenvalue weighted by Crippen LogP contribution is -2.25. The number of halogens is 1. The summed E-state index contributed by atoms with van der Waals surface area (Å²) in [7, 11) is 1.98. The van der Waals surface area contributed by atoms with Gasteiger partial charge in [0, 0.05) is 17.4 Å². The number of Topliss-reactive ketones (excluding diaryl/α,β-unsaturated/α-hetero) is 1. The Kier molecular flexibility index (Phi) is 5.71. The van der Waals surface area contributed by atoms with E-state index in [1.807, 2.05) is 26.1 Å². The third-order valence-corrected chi connectivity index (χ3v) is 2.81. The first-order valence-electron chi connectivity index (χ1n) is 5.56. The Morgan fingerprint density at radius 3 is 2.81 bits per heavy atom. The van der Waals surface area contributed by atoms with Crippen molar-refractivity contribution in [2.75, 3.05) is 13.6 Å². The molecule has 1 aromatic carbocycles. The maximum atomic E-state index is 11.5. The van der Waals surface area contributed by atoms with E-state index in [1.54, 1.807) is 0 Å². The molecule has 0 saturated carbocycles. The number of rotatable bonds is 6. The fourth-order valence-electron chi connectivity index (χ4n) is 1.66. The maximum Gasteiger partial charge on any atom is 0.146 e. The molecule has 0 radical (unpaired) electrons. The number of carbonyl (C=O) groups excluding carboxylic acids is 1. The van der Waals surface area contributed by atoms with Crippen LogP contribution < -0.4 is 0 Å². The Morgan fingerprint density at radius 1 is 1.44 bits per heavy atom. The average Bonchev–Trinajstić information content (AvgIpc) is 2.17. The van der Waals surface area contributed by atoms with E-state index in [0.717, 1.165) is 17.4 Å². The van der Waals surface area contributed by atoms with Gasteiger partial charge in [-0.2, -0.15) is 0 Å². The summed E-state index contributed by atoms with van der Waals surface area (Å²) in [5.74, 6) is 0.319. The zero-order valence-electron chi connectivity index (χ0n) is 9.87. The Hall–Kier alpha value is -0.670. The molecule has 0 aliphatic rings. The predicted molar refractivity (Wildman–Crippen MR) is 70.4 cm³/mol. The molecule has 1 rings (SSSR count). The van der Waals surface area contributed by atoms with E-state index in [9.17, 15) is 4.79 Å². The molecule has 0 unspecified atom stereocenters. The number of hydrogen-bond acceptors (Lipinski definition) is 2. The molecule has 0 heterocycles. The highest BCUT2D eigenvalue weighted by molar-refractivity contribution is 9.10. The molecule has 88 valence electrons. The van der Waals surface area contributed by atoms with Gasteiger partial charge in [0.15, 0.2) is 0 Å². The SMILES string of the molecule is CCCC(=O)CN(C)Cc1cccc(Br)c1. The van der Waals surface area contributed by atoms with E-state index in [1.165, 1.54) is 5.56 Å². The van der Waals surface area contributed by atoms with E-state index in [4.69, 9.17) is 0 Å². The molecule has 1 aromatic rings. The van der Waals surface area contributed by atoms with Gasteiger partial charge in [0.05, 0.1) is 6.54 Å². The van der Waals surface area contributed by atoms with Gasteiger partial charge in [-0.1, -0.05) is 35.0 Å². The van der Waals surface area contributed by atoms with E-state index >= 15 is 0 Å². The van der Waals surface area contributed by atoms with Gasteiger partial charge >= 0.3 is 0 Å². The van der Waals surface area contributed by atoms with Gasteiger partial charge in [-0.05, 0) is 31.2 Å². The number of likely N-dealkylation sites (N-methyl/N-ethyl adjacent to an activating group) is 1. The van der Waals surface area contributed by atoms with Crippen LogP contribution in [0.1, 0.15) is 25.3 Å². The molecule has 0 saturated heterocycles. The topological polar surface area (TPSA) is 20.3 Å². The van der Waals surface area contributed by atoms with Crippen LogP contribution in [0.25, 0.3) is 0 Å². The second kappa shape index (κ2) is 6.81. The van der Waals surface area contributed by atoms with Crippen LogP contribution in [0.5, 0.6) is 0 Å². The van der Waals surface area contributed by atoms with Gasteiger partial charge in [-0.3, -0.25) is 9.69 Å². The summed E-state index contributed by atoms with van der Waals surface area (Å²) in [6.45, 7) is 3.39. The average molecular weight is 284 g/mol. The van der Waals surface area contributed by atoms with Gasteiger partial charge in [0.25, 0.3) is 0 Å². The van der Waals surface area contributed by atoms with E-state index in [2.05, 4.69) is 33.0 Å². The van der Waals surface area contributed by atoms with Crippen LogP contribution in [-0.4, -0.2) is 24.3 Å². The largest absolute Gasteiger partial charge is 0.298 e. The molecule has 0 N–H and O–H groups in total. The predicted octanol–water partition coefficient (Wildman–Crippen LogP) is 3.25. The number of nitrogens with zero attached hydrogens (tertiary/aromatic N) is 1. The normalized spacial score (nSPS) is 10.8. The van der Waals surface area contributed by atoms with Gasteiger partial charge in [-0.15, -0.1) is 0 Å². The van der Waals surface area contributed by atoms with Crippen molar-refractivity contribution >= 4 is 21.7 Å².